The third-order valence-electron chi connectivity index (χ3n) is 5.05. The molecule has 0 amide bonds. The van der Waals surface area contributed by atoms with Crippen LogP contribution in [-0.2, 0) is 6.54 Å². The number of halogens is 2. The van der Waals surface area contributed by atoms with Gasteiger partial charge in [-0.05, 0) is 73.2 Å². The van der Waals surface area contributed by atoms with E-state index in [1.807, 2.05) is 12.1 Å². The second-order valence-electron chi connectivity index (χ2n) is 7.47. The van der Waals surface area contributed by atoms with Crippen LogP contribution in [-0.4, -0.2) is 29.1 Å². The summed E-state index contributed by atoms with van der Waals surface area (Å²) in [5.41, 5.74) is 1.52. The summed E-state index contributed by atoms with van der Waals surface area (Å²) >= 11 is 3.30. The van der Waals surface area contributed by atoms with Crippen molar-refractivity contribution in [2.75, 3.05) is 13.1 Å². The lowest BCUT2D eigenvalue weighted by Gasteiger charge is -2.52. The predicted octanol–water partition coefficient (Wildman–Crippen LogP) is 3.94. The van der Waals surface area contributed by atoms with Crippen LogP contribution in [0.1, 0.15) is 39.2 Å². The van der Waals surface area contributed by atoms with Crippen LogP contribution in [0.2, 0.25) is 0 Å². The first-order valence-corrected chi connectivity index (χ1v) is 8.53. The highest BCUT2D eigenvalue weighted by Gasteiger charge is 2.49. The van der Waals surface area contributed by atoms with Crippen LogP contribution in [0.15, 0.2) is 22.7 Å². The van der Waals surface area contributed by atoms with E-state index < -0.39 is 0 Å². The van der Waals surface area contributed by atoms with Crippen LogP contribution in [0.25, 0.3) is 0 Å². The first-order chi connectivity index (χ1) is 9.80. The summed E-state index contributed by atoms with van der Waals surface area (Å²) in [6.07, 6.45) is 2.67. The largest absolute Gasteiger partial charge is 0.309 e. The van der Waals surface area contributed by atoms with E-state index in [9.17, 15) is 4.39 Å². The molecular weight excluding hydrogens is 331 g/mol. The molecule has 1 aliphatic heterocycles. The van der Waals surface area contributed by atoms with E-state index in [1.54, 1.807) is 6.07 Å². The van der Waals surface area contributed by atoms with Gasteiger partial charge in [-0.3, -0.25) is 4.90 Å². The van der Waals surface area contributed by atoms with Crippen molar-refractivity contribution in [3.8, 4) is 0 Å². The van der Waals surface area contributed by atoms with E-state index in [4.69, 9.17) is 0 Å². The van der Waals surface area contributed by atoms with Crippen LogP contribution in [0.4, 0.5) is 4.39 Å². The Bertz CT molecular complexity index is 542. The van der Waals surface area contributed by atoms with Gasteiger partial charge < -0.3 is 5.32 Å². The van der Waals surface area contributed by atoms with Gasteiger partial charge in [0.15, 0.2) is 0 Å². The van der Waals surface area contributed by atoms with E-state index >= 15 is 0 Å². The highest BCUT2D eigenvalue weighted by atomic mass is 79.9. The van der Waals surface area contributed by atoms with E-state index in [0.29, 0.717) is 4.47 Å². The molecule has 2 aliphatic rings. The van der Waals surface area contributed by atoms with Crippen LogP contribution in [0.3, 0.4) is 0 Å². The molecule has 2 nitrogen and oxygen atoms in total. The van der Waals surface area contributed by atoms with Gasteiger partial charge in [0.25, 0.3) is 0 Å². The summed E-state index contributed by atoms with van der Waals surface area (Å²) < 4.78 is 14.0. The molecule has 0 bridgehead atoms. The minimum absolute atomic E-state index is 0.131. The molecule has 1 aromatic rings. The average Bonchev–Trinajstić information content (AvgIpc) is 3.23. The van der Waals surface area contributed by atoms with Gasteiger partial charge in [0, 0.05) is 30.7 Å². The fraction of sp³-hybridized carbons (Fsp3) is 0.647. The predicted molar refractivity (Wildman–Crippen MR) is 87.7 cm³/mol. The summed E-state index contributed by atoms with van der Waals surface area (Å²) in [7, 11) is 0. The quantitative estimate of drug-likeness (QED) is 0.884. The monoisotopic (exact) mass is 354 g/mol. The molecule has 2 fully saturated rings. The third kappa shape index (κ3) is 3.17. The summed E-state index contributed by atoms with van der Waals surface area (Å²) in [5.74, 6) is 0.606. The zero-order valence-corrected chi connectivity index (χ0v) is 14.6. The Morgan fingerprint density at radius 2 is 2.05 bits per heavy atom. The highest BCUT2D eigenvalue weighted by Crippen LogP contribution is 2.45. The fourth-order valence-corrected chi connectivity index (χ4v) is 3.87. The van der Waals surface area contributed by atoms with Gasteiger partial charge in [0.1, 0.15) is 5.82 Å². The standard InChI is InChI=1S/C17H24BrFN2/c1-16(2)11-21(17(3,10-20-16)13-5-6-13)9-12-4-7-15(19)14(18)8-12/h4,7-8,13,20H,5-6,9-11H2,1-3H3. The number of rotatable bonds is 3. The Morgan fingerprint density at radius 1 is 1.33 bits per heavy atom. The summed E-state index contributed by atoms with van der Waals surface area (Å²) in [6, 6.07) is 5.38. The summed E-state index contributed by atoms with van der Waals surface area (Å²) in [5, 5.41) is 3.70. The molecule has 4 heteroatoms. The SMILES string of the molecule is CC1(C)CN(Cc2ccc(F)c(Br)c2)C(C)(C2CC2)CN1. The van der Waals surface area contributed by atoms with Crippen molar-refractivity contribution in [1.82, 2.24) is 10.2 Å². The van der Waals surface area contributed by atoms with Gasteiger partial charge >= 0.3 is 0 Å². The smallest absolute Gasteiger partial charge is 0.137 e. The number of piperazine rings is 1. The molecular formula is C17H24BrFN2. The van der Waals surface area contributed by atoms with Crippen LogP contribution in [0.5, 0.6) is 0 Å². The molecule has 21 heavy (non-hydrogen) atoms. The Kier molecular flexibility index (Phi) is 3.92. The first kappa shape index (κ1) is 15.4. The Hall–Kier alpha value is -0.450. The number of hydrogen-bond donors (Lipinski definition) is 1. The molecule has 3 rings (SSSR count). The van der Waals surface area contributed by atoms with E-state index in [2.05, 4.69) is 46.9 Å². The summed E-state index contributed by atoms with van der Waals surface area (Å²) in [4.78, 5) is 2.60. The lowest BCUT2D eigenvalue weighted by molar-refractivity contribution is 0.00518. The number of hydrogen-bond acceptors (Lipinski definition) is 2. The molecule has 0 radical (unpaired) electrons. The van der Waals surface area contributed by atoms with E-state index in [-0.39, 0.29) is 16.9 Å². The number of nitrogens with one attached hydrogen (secondary N) is 1. The van der Waals surface area contributed by atoms with Crippen molar-refractivity contribution in [2.24, 2.45) is 5.92 Å². The van der Waals surface area contributed by atoms with Crippen molar-refractivity contribution in [3.05, 3.63) is 34.1 Å². The molecule has 1 N–H and O–H groups in total. The lowest BCUT2D eigenvalue weighted by atomic mass is 9.85. The lowest BCUT2D eigenvalue weighted by Crippen LogP contribution is -2.67. The molecule has 0 aromatic heterocycles. The second-order valence-corrected chi connectivity index (χ2v) is 8.33. The van der Waals surface area contributed by atoms with Crippen molar-refractivity contribution in [2.45, 2.75) is 51.2 Å². The zero-order valence-electron chi connectivity index (χ0n) is 13.0. The maximum absolute atomic E-state index is 13.4. The molecule has 1 aromatic carbocycles. The van der Waals surface area contributed by atoms with Crippen molar-refractivity contribution in [3.63, 3.8) is 0 Å². The Morgan fingerprint density at radius 3 is 2.67 bits per heavy atom. The molecule has 1 saturated carbocycles. The average molecular weight is 355 g/mol. The highest BCUT2D eigenvalue weighted by molar-refractivity contribution is 9.10. The molecule has 1 heterocycles. The second kappa shape index (κ2) is 5.32. The van der Waals surface area contributed by atoms with Gasteiger partial charge in [-0.1, -0.05) is 6.07 Å². The number of nitrogens with zero attached hydrogens (tertiary/aromatic N) is 1. The van der Waals surface area contributed by atoms with Crippen molar-refractivity contribution < 1.29 is 4.39 Å². The van der Waals surface area contributed by atoms with Crippen LogP contribution >= 0.6 is 15.9 Å². The normalized spacial score (nSPS) is 29.6. The van der Waals surface area contributed by atoms with Gasteiger partial charge in [-0.2, -0.15) is 0 Å². The zero-order chi connectivity index (χ0) is 15.3. The molecule has 1 atom stereocenters. The molecule has 116 valence electrons. The van der Waals surface area contributed by atoms with Crippen LogP contribution < -0.4 is 5.32 Å². The minimum Gasteiger partial charge on any atom is -0.309 e. The summed E-state index contributed by atoms with van der Waals surface area (Å²) in [6.45, 7) is 9.84. The maximum Gasteiger partial charge on any atom is 0.137 e. The van der Waals surface area contributed by atoms with Gasteiger partial charge in [0.2, 0.25) is 0 Å². The maximum atomic E-state index is 13.4. The van der Waals surface area contributed by atoms with Crippen LogP contribution in [0, 0.1) is 11.7 Å². The number of benzene rings is 1. The van der Waals surface area contributed by atoms with Gasteiger partial charge in [-0.15, -0.1) is 0 Å². The van der Waals surface area contributed by atoms with E-state index in [1.165, 1.54) is 18.4 Å². The third-order valence-corrected chi connectivity index (χ3v) is 5.66. The topological polar surface area (TPSA) is 15.3 Å². The van der Waals surface area contributed by atoms with Gasteiger partial charge in [-0.25, -0.2) is 4.39 Å². The molecule has 1 aliphatic carbocycles. The van der Waals surface area contributed by atoms with Crippen molar-refractivity contribution >= 4 is 15.9 Å². The Balaban J connectivity index is 1.83. The van der Waals surface area contributed by atoms with E-state index in [0.717, 1.165) is 25.6 Å². The van der Waals surface area contributed by atoms with Gasteiger partial charge in [0.05, 0.1) is 4.47 Å². The molecule has 1 saturated heterocycles. The van der Waals surface area contributed by atoms with Crippen molar-refractivity contribution in [1.29, 1.82) is 0 Å². The molecule has 0 spiro atoms. The Labute approximate surface area is 135 Å². The minimum atomic E-state index is -0.190. The first-order valence-electron chi connectivity index (χ1n) is 7.74. The molecule has 1 unspecified atom stereocenters. The fourth-order valence-electron chi connectivity index (χ4n) is 3.45.